The second-order valence-corrected chi connectivity index (χ2v) is 24.2. The Hall–Kier alpha value is -6.82. The molecular formula is C55H39GeN3. The maximum atomic E-state index is 5.77. The number of fused-ring (bicyclic) bond motifs is 9. The summed E-state index contributed by atoms with van der Waals surface area (Å²) in [4.78, 5) is 11.5. The van der Waals surface area contributed by atoms with Crippen LogP contribution in [-0.2, 0) is 5.41 Å². The van der Waals surface area contributed by atoms with Crippen molar-refractivity contribution in [3.05, 3.63) is 211 Å². The van der Waals surface area contributed by atoms with Crippen molar-refractivity contribution in [2.45, 2.75) is 19.3 Å². The van der Waals surface area contributed by atoms with Gasteiger partial charge in [-0.25, -0.2) is 0 Å². The summed E-state index contributed by atoms with van der Waals surface area (Å²) in [5.74, 6) is 0.728. The first kappa shape index (κ1) is 34.2. The molecule has 3 heterocycles. The van der Waals surface area contributed by atoms with Gasteiger partial charge in [0, 0.05) is 0 Å². The topological polar surface area (TPSA) is 30.7 Å². The summed E-state index contributed by atoms with van der Waals surface area (Å²) in [6.45, 7) is 4.72. The van der Waals surface area contributed by atoms with Crippen molar-refractivity contribution in [1.29, 1.82) is 0 Å². The molecular weight excluding hydrogens is 775 g/mol. The molecule has 0 atom stereocenters. The Kier molecular flexibility index (Phi) is 7.45. The zero-order chi connectivity index (χ0) is 39.3. The van der Waals surface area contributed by atoms with E-state index in [9.17, 15) is 0 Å². The number of aromatic nitrogens is 3. The quantitative estimate of drug-likeness (QED) is 0.162. The van der Waals surface area contributed by atoms with E-state index >= 15 is 0 Å². The SMILES string of the molecule is CC1(C)c2ccccc2-c2cc3c(cc21)c1ccccc1n3-c1ccccc1-c1nc(-c2ccccc2)[c]2c(n1)-c1cccc[c]1[Ge]2([c]1ccccc1)[c]1ccccc1. The average Bonchev–Trinajstić information content (AvgIpc) is 3.87. The van der Waals surface area contributed by atoms with Crippen molar-refractivity contribution in [2.24, 2.45) is 0 Å². The normalized spacial score (nSPS) is 14.2. The van der Waals surface area contributed by atoms with Crippen molar-refractivity contribution in [3.8, 4) is 50.7 Å². The Bertz CT molecular complexity index is 3250. The van der Waals surface area contributed by atoms with Crippen LogP contribution in [0.1, 0.15) is 25.0 Å². The first-order valence-electron chi connectivity index (χ1n) is 20.5. The second kappa shape index (κ2) is 12.8. The van der Waals surface area contributed by atoms with Gasteiger partial charge in [-0.1, -0.05) is 32.0 Å². The summed E-state index contributed by atoms with van der Waals surface area (Å²) in [5, 5.41) is 2.50. The summed E-state index contributed by atoms with van der Waals surface area (Å²) in [6.07, 6.45) is 0. The van der Waals surface area contributed by atoms with E-state index in [0.29, 0.717) is 0 Å². The molecule has 3 nitrogen and oxygen atoms in total. The van der Waals surface area contributed by atoms with Gasteiger partial charge in [0.1, 0.15) is 0 Å². The van der Waals surface area contributed by atoms with Crippen LogP contribution < -0.4 is 17.6 Å². The van der Waals surface area contributed by atoms with Crippen LogP contribution in [0.2, 0.25) is 0 Å². The molecule has 0 radical (unpaired) electrons. The van der Waals surface area contributed by atoms with Gasteiger partial charge in [-0.05, 0) is 0 Å². The van der Waals surface area contributed by atoms with E-state index in [4.69, 9.17) is 9.97 Å². The van der Waals surface area contributed by atoms with Gasteiger partial charge in [0.25, 0.3) is 0 Å². The predicted molar refractivity (Wildman–Crippen MR) is 247 cm³/mol. The second-order valence-electron chi connectivity index (χ2n) is 16.5. The van der Waals surface area contributed by atoms with Crippen LogP contribution in [0.4, 0.5) is 0 Å². The van der Waals surface area contributed by atoms with E-state index in [1.54, 1.807) is 0 Å². The molecule has 2 aromatic heterocycles. The summed E-state index contributed by atoms with van der Waals surface area (Å²) in [7, 11) is 0. The third-order valence-electron chi connectivity index (χ3n) is 13.1. The average molecular weight is 815 g/mol. The molecule has 0 spiro atoms. The Morgan fingerprint density at radius 1 is 0.441 bits per heavy atom. The van der Waals surface area contributed by atoms with Crippen LogP contribution >= 0.6 is 0 Å². The van der Waals surface area contributed by atoms with Crippen LogP contribution in [-0.4, -0.2) is 27.8 Å². The fourth-order valence-corrected chi connectivity index (χ4v) is 21.5. The van der Waals surface area contributed by atoms with Crippen LogP contribution in [0.25, 0.3) is 72.5 Å². The standard InChI is InChI=1S/C55H39GeN3/c1-55(2)45-30-16-12-26-39(45)43-35-50-44(34-46(43)55)40-27-14-18-32-48(40)59(50)49-33-19-15-29-42(49)54-57-52(36-20-6-3-7-21-36)51-53(58-54)41-28-13-17-31-47(41)56(51,37-22-8-4-9-23-37)38-24-10-5-11-25-38/h3-35H,1-2H3. The third-order valence-corrected chi connectivity index (χ3v) is 23.3. The molecule has 278 valence electrons. The molecule has 0 unspecified atom stereocenters. The van der Waals surface area contributed by atoms with Crippen LogP contribution in [0.5, 0.6) is 0 Å². The number of nitrogens with zero attached hydrogens (tertiary/aromatic N) is 3. The Labute approximate surface area is 346 Å². The Morgan fingerprint density at radius 2 is 1.02 bits per heavy atom. The van der Waals surface area contributed by atoms with Crippen molar-refractivity contribution in [1.82, 2.24) is 14.5 Å². The molecule has 59 heavy (non-hydrogen) atoms. The Balaban J connectivity index is 1.18. The first-order valence-corrected chi connectivity index (χ1v) is 24.7. The molecule has 0 amide bonds. The zero-order valence-electron chi connectivity index (χ0n) is 32.9. The number of hydrogen-bond donors (Lipinski definition) is 0. The molecule has 0 fully saturated rings. The molecule has 1 aliphatic carbocycles. The van der Waals surface area contributed by atoms with Crippen molar-refractivity contribution < 1.29 is 0 Å². The number of benzene rings is 8. The number of rotatable bonds is 5. The van der Waals surface area contributed by atoms with Crippen LogP contribution in [0.15, 0.2) is 200 Å². The monoisotopic (exact) mass is 815 g/mol. The fraction of sp³-hybridized carbons (Fsp3) is 0.0545. The summed E-state index contributed by atoms with van der Waals surface area (Å²) in [6, 6.07) is 73.6. The molecule has 0 saturated heterocycles. The van der Waals surface area contributed by atoms with Crippen LogP contribution in [0, 0.1) is 0 Å². The molecule has 0 bridgehead atoms. The molecule has 10 aromatic rings. The number of para-hydroxylation sites is 2. The van der Waals surface area contributed by atoms with Gasteiger partial charge >= 0.3 is 316 Å². The van der Waals surface area contributed by atoms with Gasteiger partial charge in [-0.2, -0.15) is 0 Å². The fourth-order valence-electron chi connectivity index (χ4n) is 10.5. The summed E-state index contributed by atoms with van der Waals surface area (Å²) in [5.41, 5.74) is 14.1. The van der Waals surface area contributed by atoms with Gasteiger partial charge in [0.15, 0.2) is 0 Å². The van der Waals surface area contributed by atoms with Crippen molar-refractivity contribution in [2.75, 3.05) is 0 Å². The van der Waals surface area contributed by atoms with Gasteiger partial charge in [-0.3, -0.25) is 0 Å². The van der Waals surface area contributed by atoms with E-state index in [-0.39, 0.29) is 5.41 Å². The molecule has 0 saturated carbocycles. The van der Waals surface area contributed by atoms with Gasteiger partial charge in [0.05, 0.1) is 0 Å². The number of hydrogen-bond acceptors (Lipinski definition) is 2. The first-order chi connectivity index (χ1) is 29.0. The molecule has 8 aromatic carbocycles. The zero-order valence-corrected chi connectivity index (χ0v) is 35.0. The molecule has 4 heteroatoms. The molecule has 2 aliphatic rings. The van der Waals surface area contributed by atoms with Gasteiger partial charge < -0.3 is 0 Å². The van der Waals surface area contributed by atoms with Gasteiger partial charge in [-0.15, -0.1) is 0 Å². The summed E-state index contributed by atoms with van der Waals surface area (Å²) >= 11 is -3.69. The van der Waals surface area contributed by atoms with E-state index in [2.05, 4.69) is 219 Å². The van der Waals surface area contributed by atoms with E-state index in [1.807, 2.05) is 0 Å². The summed E-state index contributed by atoms with van der Waals surface area (Å²) < 4.78 is 7.90. The molecule has 12 rings (SSSR count). The van der Waals surface area contributed by atoms with E-state index in [1.165, 1.54) is 67.2 Å². The van der Waals surface area contributed by atoms with Crippen molar-refractivity contribution in [3.63, 3.8) is 0 Å². The van der Waals surface area contributed by atoms with Crippen LogP contribution in [0.3, 0.4) is 0 Å². The van der Waals surface area contributed by atoms with Crippen molar-refractivity contribution >= 4 is 52.7 Å². The Morgan fingerprint density at radius 3 is 1.76 bits per heavy atom. The predicted octanol–water partition coefficient (Wildman–Crippen LogP) is 10.6. The van der Waals surface area contributed by atoms with E-state index in [0.717, 1.165) is 34.0 Å². The maximum absolute atomic E-state index is 5.77. The van der Waals surface area contributed by atoms with E-state index < -0.39 is 13.3 Å². The minimum atomic E-state index is -3.69. The minimum absolute atomic E-state index is 0.0944. The molecule has 0 N–H and O–H groups in total. The molecule has 1 aliphatic heterocycles. The van der Waals surface area contributed by atoms with Gasteiger partial charge in [0.2, 0.25) is 0 Å². The third kappa shape index (κ3) is 4.77.